The Morgan fingerprint density at radius 1 is 0.846 bits per heavy atom. The molecule has 0 saturated carbocycles. The molecule has 0 aliphatic carbocycles. The van der Waals surface area contributed by atoms with Gasteiger partial charge >= 0.3 is 0 Å². The minimum Gasteiger partial charge on any atom is -0.267 e. The van der Waals surface area contributed by atoms with Gasteiger partial charge in [-0.05, 0) is 24.3 Å². The summed E-state index contributed by atoms with van der Waals surface area (Å²) in [5, 5.41) is 0.835. The molecule has 0 fully saturated rings. The number of hydrogen-bond acceptors (Lipinski definition) is 5. The SMILES string of the molecule is Cn1c(=O)c2ccccc2c(=O)n1S(=O)(=O)c1cccc2cccnc12. The predicted molar refractivity (Wildman–Crippen MR) is 97.8 cm³/mol. The van der Waals surface area contributed by atoms with Crippen molar-refractivity contribution in [3.8, 4) is 0 Å². The molecule has 7 nitrogen and oxygen atoms in total. The van der Waals surface area contributed by atoms with E-state index in [1.165, 1.54) is 31.4 Å². The van der Waals surface area contributed by atoms with Crippen LogP contribution in [-0.4, -0.2) is 22.2 Å². The molecule has 0 atom stereocenters. The molecule has 8 heteroatoms. The Hall–Kier alpha value is -3.26. The normalized spacial score (nSPS) is 11.9. The van der Waals surface area contributed by atoms with Crippen molar-refractivity contribution in [3.63, 3.8) is 0 Å². The van der Waals surface area contributed by atoms with Crippen LogP contribution in [0.25, 0.3) is 21.7 Å². The number of aromatic nitrogens is 3. The first-order valence-corrected chi connectivity index (χ1v) is 9.17. The van der Waals surface area contributed by atoms with E-state index in [2.05, 4.69) is 4.98 Å². The van der Waals surface area contributed by atoms with Gasteiger partial charge in [-0.25, -0.2) is 4.68 Å². The zero-order valence-corrected chi connectivity index (χ0v) is 14.5. The van der Waals surface area contributed by atoms with Crippen LogP contribution in [0, 0.1) is 0 Å². The molecule has 0 N–H and O–H groups in total. The van der Waals surface area contributed by atoms with Crippen LogP contribution in [0.4, 0.5) is 0 Å². The van der Waals surface area contributed by atoms with Crippen LogP contribution in [0.3, 0.4) is 0 Å². The van der Waals surface area contributed by atoms with Gasteiger partial charge in [-0.1, -0.05) is 30.3 Å². The fraction of sp³-hybridized carbons (Fsp3) is 0.0556. The largest absolute Gasteiger partial charge is 0.287 e. The summed E-state index contributed by atoms with van der Waals surface area (Å²) in [6.45, 7) is 0. The van der Waals surface area contributed by atoms with Crippen LogP contribution in [0.5, 0.6) is 0 Å². The number of nitrogens with zero attached hydrogens (tertiary/aromatic N) is 3. The Bertz CT molecular complexity index is 1400. The average molecular weight is 367 g/mol. The van der Waals surface area contributed by atoms with Crippen LogP contribution in [-0.2, 0) is 17.1 Å². The van der Waals surface area contributed by atoms with E-state index in [9.17, 15) is 18.0 Å². The molecule has 4 rings (SSSR count). The van der Waals surface area contributed by atoms with Crippen LogP contribution in [0.1, 0.15) is 0 Å². The van der Waals surface area contributed by atoms with Crippen molar-refractivity contribution in [1.29, 1.82) is 0 Å². The van der Waals surface area contributed by atoms with Gasteiger partial charge in [0.2, 0.25) is 0 Å². The summed E-state index contributed by atoms with van der Waals surface area (Å²) >= 11 is 0. The van der Waals surface area contributed by atoms with E-state index in [0.29, 0.717) is 9.47 Å². The highest BCUT2D eigenvalue weighted by Crippen LogP contribution is 2.22. The van der Waals surface area contributed by atoms with E-state index >= 15 is 0 Å². The van der Waals surface area contributed by atoms with Gasteiger partial charge in [0.25, 0.3) is 21.1 Å². The molecule has 26 heavy (non-hydrogen) atoms. The first kappa shape index (κ1) is 16.2. The van der Waals surface area contributed by atoms with E-state index in [1.807, 2.05) is 0 Å². The lowest BCUT2D eigenvalue weighted by Gasteiger charge is -2.14. The maximum absolute atomic E-state index is 13.2. The number of rotatable bonds is 2. The molecule has 2 aromatic heterocycles. The third kappa shape index (κ3) is 2.19. The topological polar surface area (TPSA) is 91.0 Å². The van der Waals surface area contributed by atoms with Crippen LogP contribution < -0.4 is 11.1 Å². The second-order valence-corrected chi connectivity index (χ2v) is 7.49. The Morgan fingerprint density at radius 2 is 1.50 bits per heavy atom. The standard InChI is InChI=1S/C18H13N3O4S/c1-20-17(22)13-8-2-3-9-14(13)18(23)21(20)26(24,25)15-10-4-6-12-7-5-11-19-16(12)15/h2-11H,1H3. The molecule has 0 bridgehead atoms. The zero-order valence-electron chi connectivity index (χ0n) is 13.7. The molecular formula is C18H13N3O4S. The highest BCUT2D eigenvalue weighted by Gasteiger charge is 2.26. The smallest absolute Gasteiger partial charge is 0.267 e. The lowest BCUT2D eigenvalue weighted by molar-refractivity contribution is 0.547. The second kappa shape index (κ2) is 5.63. The second-order valence-electron chi connectivity index (χ2n) is 5.76. The monoisotopic (exact) mass is 367 g/mol. The van der Waals surface area contributed by atoms with Crippen LogP contribution in [0.2, 0.25) is 0 Å². The van der Waals surface area contributed by atoms with Crippen LogP contribution >= 0.6 is 0 Å². The summed E-state index contributed by atoms with van der Waals surface area (Å²) in [5.41, 5.74) is -1.12. The van der Waals surface area contributed by atoms with E-state index < -0.39 is 21.1 Å². The zero-order chi connectivity index (χ0) is 18.5. The summed E-state index contributed by atoms with van der Waals surface area (Å²) in [7, 11) is -3.08. The third-order valence-electron chi connectivity index (χ3n) is 4.23. The number of fused-ring (bicyclic) bond motifs is 2. The number of hydrogen-bond donors (Lipinski definition) is 0. The molecule has 0 aliphatic rings. The molecule has 0 amide bonds. The summed E-state index contributed by atoms with van der Waals surface area (Å²) in [4.78, 5) is 29.4. The fourth-order valence-corrected chi connectivity index (χ4v) is 4.57. The van der Waals surface area contributed by atoms with E-state index in [-0.39, 0.29) is 21.2 Å². The molecule has 0 aliphatic heterocycles. The van der Waals surface area contributed by atoms with Gasteiger partial charge in [-0.15, -0.1) is 4.09 Å². The molecule has 4 aromatic rings. The summed E-state index contributed by atoms with van der Waals surface area (Å²) in [5.74, 6) is 0. The van der Waals surface area contributed by atoms with E-state index in [0.717, 1.165) is 4.68 Å². The van der Waals surface area contributed by atoms with E-state index in [4.69, 9.17) is 0 Å². The first-order chi connectivity index (χ1) is 12.4. The molecule has 0 unspecified atom stereocenters. The molecule has 0 radical (unpaired) electrons. The van der Waals surface area contributed by atoms with E-state index in [1.54, 1.807) is 36.4 Å². The van der Waals surface area contributed by atoms with Gasteiger partial charge in [0.15, 0.2) is 0 Å². The highest BCUT2D eigenvalue weighted by molar-refractivity contribution is 7.90. The Labute approximate surface area is 147 Å². The highest BCUT2D eigenvalue weighted by atomic mass is 32.2. The number of benzene rings is 2. The van der Waals surface area contributed by atoms with Crippen molar-refractivity contribution < 1.29 is 8.42 Å². The molecule has 2 heterocycles. The van der Waals surface area contributed by atoms with Gasteiger partial charge in [-0.3, -0.25) is 14.6 Å². The summed E-state index contributed by atoms with van der Waals surface area (Å²) < 4.78 is 27.8. The van der Waals surface area contributed by atoms with Gasteiger partial charge in [0, 0.05) is 18.6 Å². The summed E-state index contributed by atoms with van der Waals surface area (Å²) in [6.07, 6.45) is 1.48. The number of para-hydroxylation sites is 1. The first-order valence-electron chi connectivity index (χ1n) is 7.73. The van der Waals surface area contributed by atoms with Crippen LogP contribution in [0.15, 0.2) is 75.3 Å². The quantitative estimate of drug-likeness (QED) is 0.535. The maximum atomic E-state index is 13.2. The van der Waals surface area contributed by atoms with Crippen molar-refractivity contribution >= 4 is 31.7 Å². The third-order valence-corrected chi connectivity index (χ3v) is 5.98. The Morgan fingerprint density at radius 3 is 2.23 bits per heavy atom. The van der Waals surface area contributed by atoms with Crippen molar-refractivity contribution in [2.75, 3.05) is 0 Å². The minimum absolute atomic E-state index is 0.0485. The van der Waals surface area contributed by atoms with Gasteiger partial charge < -0.3 is 0 Å². The number of pyridine rings is 1. The average Bonchev–Trinajstić information content (AvgIpc) is 2.65. The molecule has 0 spiro atoms. The predicted octanol–water partition coefficient (Wildman–Crippen LogP) is 1.49. The van der Waals surface area contributed by atoms with Crippen molar-refractivity contribution in [1.82, 2.24) is 13.8 Å². The maximum Gasteiger partial charge on any atom is 0.287 e. The van der Waals surface area contributed by atoms with Gasteiger partial charge in [0.1, 0.15) is 4.90 Å². The Kier molecular flexibility index (Phi) is 3.52. The summed E-state index contributed by atoms with van der Waals surface area (Å²) in [6, 6.07) is 14.2. The van der Waals surface area contributed by atoms with Gasteiger partial charge in [0.05, 0.1) is 16.3 Å². The Balaban J connectivity index is 2.16. The molecule has 130 valence electrons. The van der Waals surface area contributed by atoms with Crippen molar-refractivity contribution in [2.45, 2.75) is 4.90 Å². The molecule has 2 aromatic carbocycles. The molecule has 0 saturated heterocycles. The minimum atomic E-state index is -4.34. The fourth-order valence-electron chi connectivity index (χ4n) is 3.00. The lowest BCUT2D eigenvalue weighted by atomic mass is 10.2. The lowest BCUT2D eigenvalue weighted by Crippen LogP contribution is -2.41. The van der Waals surface area contributed by atoms with Crippen molar-refractivity contribution in [2.24, 2.45) is 7.05 Å². The molecular weight excluding hydrogens is 354 g/mol. The van der Waals surface area contributed by atoms with Gasteiger partial charge in [-0.2, -0.15) is 8.42 Å². The van der Waals surface area contributed by atoms with Crippen molar-refractivity contribution in [3.05, 3.63) is 81.5 Å².